The van der Waals surface area contributed by atoms with Crippen LogP contribution in [-0.4, -0.2) is 11.1 Å². The van der Waals surface area contributed by atoms with Gasteiger partial charge in [0.15, 0.2) is 0 Å². The molecule has 0 radical (unpaired) electrons. The maximum Gasteiger partial charge on any atom is 0.309 e. The molecule has 0 rings (SSSR count). The standard InChI is InChI=1S/C17H27NO2/c1-5-14(3)10-8-7-9-11-15(13-18)12-17(4,6-2)16(19)20/h5,7,9,14-15H,1,6,8,10-12H2,2-4H3,(H,19,20). The van der Waals surface area contributed by atoms with E-state index in [0.717, 1.165) is 12.8 Å². The molecule has 3 unspecified atom stereocenters. The van der Waals surface area contributed by atoms with E-state index < -0.39 is 11.4 Å². The molecule has 20 heavy (non-hydrogen) atoms. The zero-order chi connectivity index (χ0) is 15.6. The zero-order valence-corrected chi connectivity index (χ0v) is 12.9. The SMILES string of the molecule is C=CC(C)CCC=CCC(C#N)CC(C)(CC)C(=O)O. The van der Waals surface area contributed by atoms with E-state index in [9.17, 15) is 9.90 Å². The van der Waals surface area contributed by atoms with Gasteiger partial charge in [0.05, 0.1) is 17.4 Å². The molecule has 112 valence electrons. The molecule has 0 heterocycles. The van der Waals surface area contributed by atoms with Crippen LogP contribution in [0.25, 0.3) is 0 Å². The zero-order valence-electron chi connectivity index (χ0n) is 12.9. The topological polar surface area (TPSA) is 61.1 Å². The van der Waals surface area contributed by atoms with Crippen LogP contribution in [0, 0.1) is 28.6 Å². The summed E-state index contributed by atoms with van der Waals surface area (Å²) in [6.45, 7) is 9.44. The predicted octanol–water partition coefficient (Wildman–Crippen LogP) is 4.57. The first-order chi connectivity index (χ1) is 9.39. The van der Waals surface area contributed by atoms with E-state index in [1.54, 1.807) is 6.92 Å². The van der Waals surface area contributed by atoms with Crippen molar-refractivity contribution in [1.29, 1.82) is 5.26 Å². The highest BCUT2D eigenvalue weighted by atomic mass is 16.4. The van der Waals surface area contributed by atoms with E-state index >= 15 is 0 Å². The maximum atomic E-state index is 11.3. The van der Waals surface area contributed by atoms with E-state index in [1.165, 1.54) is 0 Å². The Morgan fingerprint density at radius 1 is 1.50 bits per heavy atom. The van der Waals surface area contributed by atoms with Crippen molar-refractivity contribution in [3.05, 3.63) is 24.8 Å². The minimum atomic E-state index is -0.816. The molecule has 1 N–H and O–H groups in total. The number of nitrogens with zero attached hydrogens (tertiary/aromatic N) is 1. The summed E-state index contributed by atoms with van der Waals surface area (Å²) in [6, 6.07) is 2.23. The fourth-order valence-electron chi connectivity index (χ4n) is 1.96. The lowest BCUT2D eigenvalue weighted by molar-refractivity contribution is -0.149. The Hall–Kier alpha value is -1.56. The van der Waals surface area contributed by atoms with E-state index in [-0.39, 0.29) is 5.92 Å². The highest BCUT2D eigenvalue weighted by Gasteiger charge is 2.33. The number of carbonyl (C=O) groups is 1. The van der Waals surface area contributed by atoms with Crippen LogP contribution in [0.1, 0.15) is 52.9 Å². The lowest BCUT2D eigenvalue weighted by atomic mass is 9.78. The van der Waals surface area contributed by atoms with Crippen molar-refractivity contribution in [2.45, 2.75) is 52.9 Å². The van der Waals surface area contributed by atoms with Gasteiger partial charge in [0.1, 0.15) is 0 Å². The van der Waals surface area contributed by atoms with Gasteiger partial charge >= 0.3 is 5.97 Å². The van der Waals surface area contributed by atoms with Crippen molar-refractivity contribution in [2.75, 3.05) is 0 Å². The molecule has 3 atom stereocenters. The first-order valence-electron chi connectivity index (χ1n) is 7.30. The lowest BCUT2D eigenvalue weighted by Crippen LogP contribution is -2.29. The number of allylic oxidation sites excluding steroid dienone is 3. The van der Waals surface area contributed by atoms with Crippen molar-refractivity contribution < 1.29 is 9.90 Å². The third kappa shape index (κ3) is 6.56. The summed E-state index contributed by atoms with van der Waals surface area (Å²) < 4.78 is 0. The number of aliphatic carboxylic acids is 1. The molecule has 0 aromatic rings. The number of hydrogen-bond donors (Lipinski definition) is 1. The smallest absolute Gasteiger partial charge is 0.309 e. The van der Waals surface area contributed by atoms with Crippen LogP contribution in [0.3, 0.4) is 0 Å². The molecule has 0 fully saturated rings. The molecule has 0 aliphatic heterocycles. The molecular weight excluding hydrogens is 250 g/mol. The van der Waals surface area contributed by atoms with Gasteiger partial charge in [-0.25, -0.2) is 0 Å². The summed E-state index contributed by atoms with van der Waals surface area (Å²) in [5.74, 6) is -0.546. The van der Waals surface area contributed by atoms with E-state index in [2.05, 4.69) is 25.6 Å². The molecule has 0 saturated heterocycles. The molecule has 0 bridgehead atoms. The summed E-state index contributed by atoms with van der Waals surface area (Å²) in [5, 5.41) is 18.4. The van der Waals surface area contributed by atoms with E-state index in [4.69, 9.17) is 5.26 Å². The third-order valence-corrected chi connectivity index (χ3v) is 3.95. The Morgan fingerprint density at radius 2 is 2.15 bits per heavy atom. The van der Waals surface area contributed by atoms with Crippen LogP contribution in [-0.2, 0) is 4.79 Å². The van der Waals surface area contributed by atoms with Crippen LogP contribution in [0.15, 0.2) is 24.8 Å². The first-order valence-corrected chi connectivity index (χ1v) is 7.30. The molecule has 0 spiro atoms. The van der Waals surface area contributed by atoms with Gasteiger partial charge in [-0.05, 0) is 44.9 Å². The summed E-state index contributed by atoms with van der Waals surface area (Å²) in [7, 11) is 0. The summed E-state index contributed by atoms with van der Waals surface area (Å²) in [5.41, 5.74) is -0.800. The summed E-state index contributed by atoms with van der Waals surface area (Å²) in [6.07, 6.45) is 9.61. The predicted molar refractivity (Wildman–Crippen MR) is 82.1 cm³/mol. The van der Waals surface area contributed by atoms with Gasteiger partial charge in [0.25, 0.3) is 0 Å². The summed E-state index contributed by atoms with van der Waals surface area (Å²) >= 11 is 0. The number of nitriles is 1. The Bertz CT molecular complexity index is 381. The van der Waals surface area contributed by atoms with Crippen LogP contribution in [0.5, 0.6) is 0 Å². The average Bonchev–Trinajstić information content (AvgIpc) is 2.44. The minimum Gasteiger partial charge on any atom is -0.481 e. The largest absolute Gasteiger partial charge is 0.481 e. The summed E-state index contributed by atoms with van der Waals surface area (Å²) in [4.78, 5) is 11.3. The van der Waals surface area contributed by atoms with Crippen molar-refractivity contribution in [1.82, 2.24) is 0 Å². The highest BCUT2D eigenvalue weighted by molar-refractivity contribution is 5.74. The second-order valence-corrected chi connectivity index (χ2v) is 5.75. The number of carboxylic acid groups (broad SMARTS) is 1. The molecule has 0 amide bonds. The quantitative estimate of drug-likeness (QED) is 0.595. The second-order valence-electron chi connectivity index (χ2n) is 5.75. The number of hydrogen-bond acceptors (Lipinski definition) is 2. The number of rotatable bonds is 10. The Labute approximate surface area is 123 Å². The molecule has 3 nitrogen and oxygen atoms in total. The van der Waals surface area contributed by atoms with Gasteiger partial charge in [-0.15, -0.1) is 6.58 Å². The minimum absolute atomic E-state index is 0.232. The van der Waals surface area contributed by atoms with Gasteiger partial charge in [-0.1, -0.05) is 32.1 Å². The monoisotopic (exact) mass is 277 g/mol. The fraction of sp³-hybridized carbons (Fsp3) is 0.647. The first kappa shape index (κ1) is 18.4. The van der Waals surface area contributed by atoms with Crippen molar-refractivity contribution >= 4 is 5.97 Å². The van der Waals surface area contributed by atoms with E-state index in [0.29, 0.717) is 25.2 Å². The average molecular weight is 277 g/mol. The Kier molecular flexibility index (Phi) is 8.63. The molecule has 0 aliphatic rings. The van der Waals surface area contributed by atoms with Crippen molar-refractivity contribution in [3.8, 4) is 6.07 Å². The Balaban J connectivity index is 4.30. The lowest BCUT2D eigenvalue weighted by Gasteiger charge is -2.24. The second kappa shape index (κ2) is 9.36. The molecule has 3 heteroatoms. The highest BCUT2D eigenvalue weighted by Crippen LogP contribution is 2.31. The third-order valence-electron chi connectivity index (χ3n) is 3.95. The number of carboxylic acids is 1. The van der Waals surface area contributed by atoms with Gasteiger partial charge in [0, 0.05) is 0 Å². The maximum absolute atomic E-state index is 11.3. The Morgan fingerprint density at radius 3 is 2.60 bits per heavy atom. The van der Waals surface area contributed by atoms with Gasteiger partial charge in [-0.3, -0.25) is 4.79 Å². The molecule has 0 aromatic carbocycles. The van der Waals surface area contributed by atoms with E-state index in [1.807, 2.05) is 19.1 Å². The molecule has 0 aliphatic carbocycles. The molecule has 0 aromatic heterocycles. The molecular formula is C17H27NO2. The van der Waals surface area contributed by atoms with Gasteiger partial charge in [-0.2, -0.15) is 5.26 Å². The fourth-order valence-corrected chi connectivity index (χ4v) is 1.96. The van der Waals surface area contributed by atoms with Crippen molar-refractivity contribution in [2.24, 2.45) is 17.3 Å². The van der Waals surface area contributed by atoms with Crippen molar-refractivity contribution in [3.63, 3.8) is 0 Å². The van der Waals surface area contributed by atoms with Crippen LogP contribution < -0.4 is 0 Å². The van der Waals surface area contributed by atoms with Gasteiger partial charge < -0.3 is 5.11 Å². The van der Waals surface area contributed by atoms with Crippen LogP contribution in [0.4, 0.5) is 0 Å². The van der Waals surface area contributed by atoms with Crippen LogP contribution >= 0.6 is 0 Å². The molecule has 0 saturated carbocycles. The normalized spacial score (nSPS) is 17.1. The van der Waals surface area contributed by atoms with Gasteiger partial charge in [0.2, 0.25) is 0 Å². The van der Waals surface area contributed by atoms with Crippen LogP contribution in [0.2, 0.25) is 0 Å².